The first-order valence-electron chi connectivity index (χ1n) is 9.29. The molecule has 26 heavy (non-hydrogen) atoms. The van der Waals surface area contributed by atoms with Crippen molar-refractivity contribution in [2.24, 2.45) is 13.0 Å². The van der Waals surface area contributed by atoms with E-state index in [1.54, 1.807) is 11.7 Å². The summed E-state index contributed by atoms with van der Waals surface area (Å²) in [6.45, 7) is 5.57. The number of amides is 1. The maximum atomic E-state index is 13.2. The number of aryl methyl sites for hydroxylation is 2. The predicted octanol–water partition coefficient (Wildman–Crippen LogP) is 3.12. The Kier molecular flexibility index (Phi) is 4.76. The lowest BCUT2D eigenvalue weighted by molar-refractivity contribution is 0.0574. The van der Waals surface area contributed by atoms with E-state index in [4.69, 9.17) is 11.6 Å². The molecule has 6 heteroatoms. The summed E-state index contributed by atoms with van der Waals surface area (Å²) in [6.07, 6.45) is 2.26. The van der Waals surface area contributed by atoms with Crippen LogP contribution in [0.25, 0.3) is 0 Å². The van der Waals surface area contributed by atoms with E-state index >= 15 is 0 Å². The fourth-order valence-electron chi connectivity index (χ4n) is 4.40. The quantitative estimate of drug-likeness (QED) is 0.831. The third-order valence-corrected chi connectivity index (χ3v) is 6.10. The third-order valence-electron chi connectivity index (χ3n) is 5.65. The normalized spacial score (nSPS) is 23.3. The van der Waals surface area contributed by atoms with Crippen molar-refractivity contribution in [2.75, 3.05) is 19.6 Å². The van der Waals surface area contributed by atoms with Crippen molar-refractivity contribution < 1.29 is 4.79 Å². The molecular weight excluding hydrogens is 348 g/mol. The highest BCUT2D eigenvalue weighted by atomic mass is 35.5. The molecule has 3 saturated heterocycles. The summed E-state index contributed by atoms with van der Waals surface area (Å²) in [5.41, 5.74) is 2.56. The minimum Gasteiger partial charge on any atom is -0.333 e. The van der Waals surface area contributed by atoms with Crippen LogP contribution in [-0.4, -0.2) is 51.2 Å². The lowest BCUT2D eigenvalue weighted by atomic mass is 9.94. The number of fused-ring (bicyclic) bond motifs is 4. The summed E-state index contributed by atoms with van der Waals surface area (Å²) in [6, 6.07) is 10.8. The van der Waals surface area contributed by atoms with E-state index < -0.39 is 0 Å². The summed E-state index contributed by atoms with van der Waals surface area (Å²) in [5.74, 6) is 0.545. The SMILES string of the molecule is Cc1nn(C)c(C(=O)N2C[C@H]3CC[C@@H]2CN(Cc2ccccc2)C3)c1Cl. The molecule has 0 spiro atoms. The average Bonchev–Trinajstić information content (AvgIpc) is 2.79. The van der Waals surface area contributed by atoms with Crippen LogP contribution in [0.3, 0.4) is 0 Å². The topological polar surface area (TPSA) is 41.4 Å². The van der Waals surface area contributed by atoms with E-state index in [0.29, 0.717) is 22.3 Å². The molecule has 3 aliphatic heterocycles. The van der Waals surface area contributed by atoms with Gasteiger partial charge in [0.1, 0.15) is 5.69 Å². The molecule has 3 fully saturated rings. The minimum atomic E-state index is 0.0226. The van der Waals surface area contributed by atoms with Crippen molar-refractivity contribution in [2.45, 2.75) is 32.4 Å². The lowest BCUT2D eigenvalue weighted by Gasteiger charge is -2.36. The number of halogens is 1. The van der Waals surface area contributed by atoms with Crippen LogP contribution in [0.4, 0.5) is 0 Å². The molecule has 138 valence electrons. The van der Waals surface area contributed by atoms with Crippen molar-refractivity contribution >= 4 is 17.5 Å². The molecule has 2 aromatic rings. The summed E-state index contributed by atoms with van der Waals surface area (Å²) < 4.78 is 1.63. The molecule has 1 aromatic heterocycles. The highest BCUT2D eigenvalue weighted by Gasteiger charge is 2.38. The Morgan fingerprint density at radius 3 is 2.65 bits per heavy atom. The number of benzene rings is 1. The van der Waals surface area contributed by atoms with E-state index in [-0.39, 0.29) is 11.9 Å². The molecule has 2 bridgehead atoms. The van der Waals surface area contributed by atoms with Gasteiger partial charge in [-0.3, -0.25) is 14.4 Å². The average molecular weight is 373 g/mol. The highest BCUT2D eigenvalue weighted by Crippen LogP contribution is 2.31. The van der Waals surface area contributed by atoms with E-state index in [0.717, 1.165) is 32.6 Å². The number of carbonyl (C=O) groups excluding carboxylic acids is 1. The van der Waals surface area contributed by atoms with E-state index in [1.165, 1.54) is 12.0 Å². The molecule has 3 aliphatic rings. The first kappa shape index (κ1) is 17.6. The van der Waals surface area contributed by atoms with Crippen molar-refractivity contribution in [1.82, 2.24) is 19.6 Å². The Labute approximate surface area is 159 Å². The zero-order valence-corrected chi connectivity index (χ0v) is 16.1. The van der Waals surface area contributed by atoms with Crippen molar-refractivity contribution in [3.63, 3.8) is 0 Å². The number of nitrogens with zero attached hydrogens (tertiary/aromatic N) is 4. The molecule has 5 nitrogen and oxygen atoms in total. The molecule has 1 aromatic carbocycles. The van der Waals surface area contributed by atoms with Crippen LogP contribution in [0.15, 0.2) is 30.3 Å². The maximum Gasteiger partial charge on any atom is 0.273 e. The molecule has 0 N–H and O–H groups in total. The number of piperidine rings is 1. The summed E-state index contributed by atoms with van der Waals surface area (Å²) in [5, 5.41) is 4.79. The fourth-order valence-corrected chi connectivity index (χ4v) is 4.64. The molecule has 4 heterocycles. The zero-order valence-electron chi connectivity index (χ0n) is 15.4. The number of carbonyl (C=O) groups is 1. The van der Waals surface area contributed by atoms with Crippen LogP contribution >= 0.6 is 11.6 Å². The van der Waals surface area contributed by atoms with Gasteiger partial charge in [-0.2, -0.15) is 5.10 Å². The Morgan fingerprint density at radius 2 is 1.96 bits per heavy atom. The second-order valence-corrected chi connectivity index (χ2v) is 7.98. The van der Waals surface area contributed by atoms with Gasteiger partial charge in [0, 0.05) is 39.3 Å². The Balaban J connectivity index is 1.54. The summed E-state index contributed by atoms with van der Waals surface area (Å²) >= 11 is 6.37. The van der Waals surface area contributed by atoms with Gasteiger partial charge in [-0.1, -0.05) is 41.9 Å². The Bertz CT molecular complexity index is 804. The van der Waals surface area contributed by atoms with Gasteiger partial charge in [0.05, 0.1) is 10.7 Å². The van der Waals surface area contributed by atoms with Crippen LogP contribution in [0.5, 0.6) is 0 Å². The van der Waals surface area contributed by atoms with Crippen LogP contribution in [0, 0.1) is 12.8 Å². The van der Waals surface area contributed by atoms with Crippen molar-refractivity contribution in [3.8, 4) is 0 Å². The van der Waals surface area contributed by atoms with Crippen LogP contribution < -0.4 is 0 Å². The molecule has 0 aliphatic carbocycles. The van der Waals surface area contributed by atoms with Crippen molar-refractivity contribution in [1.29, 1.82) is 0 Å². The smallest absolute Gasteiger partial charge is 0.273 e. The largest absolute Gasteiger partial charge is 0.333 e. The van der Waals surface area contributed by atoms with Gasteiger partial charge in [0.25, 0.3) is 5.91 Å². The summed E-state index contributed by atoms with van der Waals surface area (Å²) in [7, 11) is 1.80. The predicted molar refractivity (Wildman–Crippen MR) is 102 cm³/mol. The van der Waals surface area contributed by atoms with E-state index in [9.17, 15) is 4.79 Å². The zero-order chi connectivity index (χ0) is 18.3. The van der Waals surface area contributed by atoms with Crippen molar-refractivity contribution in [3.05, 3.63) is 52.3 Å². The van der Waals surface area contributed by atoms with E-state index in [2.05, 4.69) is 40.3 Å². The first-order valence-corrected chi connectivity index (χ1v) is 9.67. The van der Waals surface area contributed by atoms with Gasteiger partial charge in [-0.15, -0.1) is 0 Å². The second-order valence-electron chi connectivity index (χ2n) is 7.61. The molecular formula is C20H25ClN4O. The molecule has 0 saturated carbocycles. The highest BCUT2D eigenvalue weighted by molar-refractivity contribution is 6.34. The van der Waals surface area contributed by atoms with Gasteiger partial charge in [0.2, 0.25) is 0 Å². The molecule has 2 atom stereocenters. The number of aromatic nitrogens is 2. The third kappa shape index (κ3) is 3.26. The maximum absolute atomic E-state index is 13.2. The van der Waals surface area contributed by atoms with Gasteiger partial charge in [-0.05, 0) is 31.2 Å². The second kappa shape index (κ2) is 7.05. The Morgan fingerprint density at radius 1 is 1.19 bits per heavy atom. The van der Waals surface area contributed by atoms with Gasteiger partial charge in [-0.25, -0.2) is 0 Å². The van der Waals surface area contributed by atoms with Gasteiger partial charge < -0.3 is 4.90 Å². The standard InChI is InChI=1S/C20H25ClN4O/c1-14-18(21)19(23(2)22-14)20(26)25-12-16-8-9-17(25)13-24(11-16)10-15-6-4-3-5-7-15/h3-7,16-17H,8-13H2,1-2H3/t16-,17+/m0/s1. The summed E-state index contributed by atoms with van der Waals surface area (Å²) in [4.78, 5) is 17.8. The molecule has 5 rings (SSSR count). The minimum absolute atomic E-state index is 0.0226. The molecule has 0 unspecified atom stereocenters. The van der Waals surface area contributed by atoms with E-state index in [1.807, 2.05) is 11.8 Å². The molecule has 1 amide bonds. The first-order chi connectivity index (χ1) is 12.5. The van der Waals surface area contributed by atoms with Gasteiger partial charge >= 0.3 is 0 Å². The molecule has 0 radical (unpaired) electrons. The fraction of sp³-hybridized carbons (Fsp3) is 0.500. The number of rotatable bonds is 3. The number of hydrogen-bond acceptors (Lipinski definition) is 3. The van der Waals surface area contributed by atoms with Crippen LogP contribution in [0.2, 0.25) is 5.02 Å². The van der Waals surface area contributed by atoms with Crippen LogP contribution in [-0.2, 0) is 13.6 Å². The lowest BCUT2D eigenvalue weighted by Crippen LogP contribution is -2.47. The Hall–Kier alpha value is -1.85. The number of hydrogen-bond donors (Lipinski definition) is 0. The monoisotopic (exact) mass is 372 g/mol. The van der Waals surface area contributed by atoms with Crippen LogP contribution in [0.1, 0.15) is 34.6 Å². The van der Waals surface area contributed by atoms with Gasteiger partial charge in [0.15, 0.2) is 0 Å².